The largest absolute Gasteiger partial charge is 0.486 e. The number of carbonyl (C=O) groups is 2. The van der Waals surface area contributed by atoms with Crippen molar-refractivity contribution in [2.75, 3.05) is 12.4 Å². The van der Waals surface area contributed by atoms with Crippen LogP contribution in [0, 0.1) is 11.6 Å². The van der Waals surface area contributed by atoms with E-state index < -0.39 is 17.5 Å². The van der Waals surface area contributed by atoms with Crippen LogP contribution in [-0.4, -0.2) is 34.6 Å². The fraction of sp³-hybridized carbons (Fsp3) is 0.222. The summed E-state index contributed by atoms with van der Waals surface area (Å²) in [6, 6.07) is 6.27. The van der Waals surface area contributed by atoms with Crippen molar-refractivity contribution in [1.29, 1.82) is 0 Å². The number of carbonyl (C=O) groups excluding carboxylic acids is 2. The maximum absolute atomic E-state index is 13.5. The Morgan fingerprint density at radius 1 is 1.26 bits per heavy atom. The molecule has 2 aromatic rings. The Bertz CT molecular complexity index is 900. The third kappa shape index (κ3) is 4.63. The topological polar surface area (TPSA) is 83.9 Å². The van der Waals surface area contributed by atoms with Gasteiger partial charge in [-0.2, -0.15) is 5.10 Å². The van der Waals surface area contributed by atoms with Crippen LogP contribution in [-0.2, 0) is 16.2 Å². The molecule has 9 heteroatoms. The van der Waals surface area contributed by atoms with Gasteiger partial charge < -0.3 is 10.1 Å². The highest BCUT2D eigenvalue weighted by Gasteiger charge is 2.22. The Morgan fingerprint density at radius 3 is 2.74 bits per heavy atom. The maximum Gasteiger partial charge on any atom is 0.273 e. The molecule has 1 aromatic heterocycles. The number of ether oxygens (including phenoxy) is 1. The van der Waals surface area contributed by atoms with E-state index in [9.17, 15) is 18.4 Å². The summed E-state index contributed by atoms with van der Waals surface area (Å²) in [5.41, 5.74) is 0.884. The van der Waals surface area contributed by atoms with Crippen molar-refractivity contribution < 1.29 is 23.1 Å². The van der Waals surface area contributed by atoms with Gasteiger partial charge in [0.1, 0.15) is 24.0 Å². The zero-order valence-electron chi connectivity index (χ0n) is 14.4. The molecule has 0 spiro atoms. The molecule has 1 N–H and O–H groups in total. The molecule has 1 aliphatic rings. The van der Waals surface area contributed by atoms with E-state index in [1.54, 1.807) is 12.1 Å². The van der Waals surface area contributed by atoms with Crippen LogP contribution in [0.5, 0.6) is 5.75 Å². The standard InChI is InChI=1S/C18H16F2N4O3/c1-24-17(25)7-4-14(23-24)18(26)22-16-6-2-11(9-21-16)10-27-15-5-3-12(19)8-13(15)20/h2-3,5-6,8-9H,4,7,10H2,1H3,(H,21,22,26). The summed E-state index contributed by atoms with van der Waals surface area (Å²) in [5, 5.41) is 7.67. The number of anilines is 1. The number of pyridine rings is 1. The van der Waals surface area contributed by atoms with Gasteiger partial charge in [0, 0.05) is 37.7 Å². The molecule has 2 amide bonds. The predicted molar refractivity (Wildman–Crippen MR) is 93.0 cm³/mol. The molecule has 0 unspecified atom stereocenters. The lowest BCUT2D eigenvalue weighted by atomic mass is 10.1. The molecule has 3 rings (SSSR count). The number of hydrogen-bond acceptors (Lipinski definition) is 5. The molecule has 0 aliphatic carbocycles. The summed E-state index contributed by atoms with van der Waals surface area (Å²) >= 11 is 0. The monoisotopic (exact) mass is 374 g/mol. The van der Waals surface area contributed by atoms with E-state index in [1.165, 1.54) is 19.3 Å². The van der Waals surface area contributed by atoms with E-state index >= 15 is 0 Å². The van der Waals surface area contributed by atoms with Crippen LogP contribution in [0.15, 0.2) is 41.6 Å². The molecular weight excluding hydrogens is 358 g/mol. The molecule has 0 radical (unpaired) electrons. The van der Waals surface area contributed by atoms with Gasteiger partial charge in [0.15, 0.2) is 11.6 Å². The Hall–Kier alpha value is -3.36. The van der Waals surface area contributed by atoms with Crippen molar-refractivity contribution in [3.8, 4) is 5.75 Å². The zero-order chi connectivity index (χ0) is 19.4. The number of nitrogens with one attached hydrogen (secondary N) is 1. The molecule has 0 fully saturated rings. The number of halogens is 2. The quantitative estimate of drug-likeness (QED) is 0.872. The minimum Gasteiger partial charge on any atom is -0.486 e. The highest BCUT2D eigenvalue weighted by Crippen LogP contribution is 2.19. The van der Waals surface area contributed by atoms with Crippen molar-refractivity contribution in [2.45, 2.75) is 19.4 Å². The van der Waals surface area contributed by atoms with Crippen molar-refractivity contribution in [3.63, 3.8) is 0 Å². The van der Waals surface area contributed by atoms with Crippen molar-refractivity contribution in [1.82, 2.24) is 9.99 Å². The number of rotatable bonds is 5. The summed E-state index contributed by atoms with van der Waals surface area (Å²) < 4.78 is 31.7. The van der Waals surface area contributed by atoms with Gasteiger partial charge in [-0.05, 0) is 18.2 Å². The predicted octanol–water partition coefficient (Wildman–Crippen LogP) is 2.49. The molecule has 1 aliphatic heterocycles. The van der Waals surface area contributed by atoms with Gasteiger partial charge in [-0.1, -0.05) is 6.07 Å². The molecule has 0 saturated heterocycles. The van der Waals surface area contributed by atoms with Crippen molar-refractivity contribution in [3.05, 3.63) is 53.7 Å². The molecule has 0 bridgehead atoms. The van der Waals surface area contributed by atoms with E-state index in [0.29, 0.717) is 11.4 Å². The van der Waals surface area contributed by atoms with E-state index in [0.717, 1.165) is 17.1 Å². The molecule has 0 saturated carbocycles. The normalized spacial score (nSPS) is 14.0. The molecule has 2 heterocycles. The van der Waals surface area contributed by atoms with Gasteiger partial charge >= 0.3 is 0 Å². The van der Waals surface area contributed by atoms with Gasteiger partial charge in [0.2, 0.25) is 5.91 Å². The van der Waals surface area contributed by atoms with Crippen LogP contribution in [0.1, 0.15) is 18.4 Å². The molecule has 140 valence electrons. The minimum absolute atomic E-state index is 0.0311. The first-order chi connectivity index (χ1) is 12.9. The zero-order valence-corrected chi connectivity index (χ0v) is 14.4. The first-order valence-corrected chi connectivity index (χ1v) is 8.10. The van der Waals surface area contributed by atoms with Crippen LogP contribution in [0.25, 0.3) is 0 Å². The van der Waals surface area contributed by atoms with Crippen molar-refractivity contribution >= 4 is 23.3 Å². The Labute approximate surface area is 153 Å². The number of benzene rings is 1. The second-order valence-electron chi connectivity index (χ2n) is 5.83. The second-order valence-corrected chi connectivity index (χ2v) is 5.83. The average molecular weight is 374 g/mol. The summed E-state index contributed by atoms with van der Waals surface area (Å²) in [7, 11) is 1.49. The number of hydrogen-bond donors (Lipinski definition) is 1. The number of amides is 2. The van der Waals surface area contributed by atoms with Crippen LogP contribution in [0.3, 0.4) is 0 Å². The SMILES string of the molecule is CN1N=C(C(=O)Nc2ccc(COc3ccc(F)cc3F)cn2)CCC1=O. The fourth-order valence-corrected chi connectivity index (χ4v) is 2.36. The van der Waals surface area contributed by atoms with Gasteiger partial charge in [-0.15, -0.1) is 0 Å². The van der Waals surface area contributed by atoms with E-state index in [1.807, 2.05) is 0 Å². The third-order valence-corrected chi connectivity index (χ3v) is 3.82. The highest BCUT2D eigenvalue weighted by atomic mass is 19.1. The van der Waals surface area contributed by atoms with E-state index in [-0.39, 0.29) is 36.8 Å². The van der Waals surface area contributed by atoms with Crippen LogP contribution in [0.4, 0.5) is 14.6 Å². The summed E-state index contributed by atoms with van der Waals surface area (Å²) in [6.07, 6.45) is 1.96. The lowest BCUT2D eigenvalue weighted by molar-refractivity contribution is -0.130. The number of aromatic nitrogens is 1. The molecule has 27 heavy (non-hydrogen) atoms. The van der Waals surface area contributed by atoms with E-state index in [4.69, 9.17) is 4.74 Å². The van der Waals surface area contributed by atoms with E-state index in [2.05, 4.69) is 15.4 Å². The van der Waals surface area contributed by atoms with Gasteiger partial charge in [0.05, 0.1) is 0 Å². The van der Waals surface area contributed by atoms with Gasteiger partial charge in [-0.25, -0.2) is 18.8 Å². The summed E-state index contributed by atoms with van der Waals surface area (Å²) in [4.78, 5) is 27.6. The Balaban J connectivity index is 1.58. The Morgan fingerprint density at radius 2 is 2.07 bits per heavy atom. The van der Waals surface area contributed by atoms with Crippen LogP contribution in [0.2, 0.25) is 0 Å². The molecule has 7 nitrogen and oxygen atoms in total. The molecule has 1 aromatic carbocycles. The van der Waals surface area contributed by atoms with Gasteiger partial charge in [-0.3, -0.25) is 9.59 Å². The fourth-order valence-electron chi connectivity index (χ4n) is 2.36. The summed E-state index contributed by atoms with van der Waals surface area (Å²) in [5.74, 6) is -1.81. The summed E-state index contributed by atoms with van der Waals surface area (Å²) in [6.45, 7) is 0.0311. The number of hydrazone groups is 1. The molecular formula is C18H16F2N4O3. The third-order valence-electron chi connectivity index (χ3n) is 3.82. The Kier molecular flexibility index (Phi) is 5.39. The smallest absolute Gasteiger partial charge is 0.273 e. The van der Waals surface area contributed by atoms with Crippen LogP contribution < -0.4 is 10.1 Å². The number of nitrogens with zero attached hydrogens (tertiary/aromatic N) is 3. The first kappa shape index (κ1) is 18.4. The molecule has 0 atom stereocenters. The average Bonchev–Trinajstić information content (AvgIpc) is 2.64. The lowest BCUT2D eigenvalue weighted by Crippen LogP contribution is -2.34. The lowest BCUT2D eigenvalue weighted by Gasteiger charge is -2.18. The van der Waals surface area contributed by atoms with Gasteiger partial charge in [0.25, 0.3) is 5.91 Å². The second kappa shape index (κ2) is 7.90. The first-order valence-electron chi connectivity index (χ1n) is 8.10. The van der Waals surface area contributed by atoms with Crippen molar-refractivity contribution in [2.24, 2.45) is 5.10 Å². The van der Waals surface area contributed by atoms with Crippen LogP contribution >= 0.6 is 0 Å². The maximum atomic E-state index is 13.5. The minimum atomic E-state index is -0.788. The highest BCUT2D eigenvalue weighted by molar-refractivity contribution is 6.43.